The third-order valence-corrected chi connectivity index (χ3v) is 3.46. The SMILES string of the molecule is CCCCSCC(=O)Nc1cccc(C(=O)O)c1O. The van der Waals surface area contributed by atoms with Gasteiger partial charge in [-0.1, -0.05) is 19.4 Å². The number of nitrogens with one attached hydrogen (secondary N) is 1. The Morgan fingerprint density at radius 2 is 2.11 bits per heavy atom. The van der Waals surface area contributed by atoms with Crippen LogP contribution in [0.2, 0.25) is 0 Å². The van der Waals surface area contributed by atoms with E-state index in [0.29, 0.717) is 0 Å². The summed E-state index contributed by atoms with van der Waals surface area (Å²) in [6, 6.07) is 4.22. The lowest BCUT2D eigenvalue weighted by Crippen LogP contribution is -2.15. The molecule has 0 saturated heterocycles. The summed E-state index contributed by atoms with van der Waals surface area (Å²) in [6.45, 7) is 2.08. The summed E-state index contributed by atoms with van der Waals surface area (Å²) in [6.07, 6.45) is 2.13. The molecule has 1 amide bonds. The number of benzene rings is 1. The van der Waals surface area contributed by atoms with E-state index in [2.05, 4.69) is 12.2 Å². The number of carbonyl (C=O) groups is 2. The van der Waals surface area contributed by atoms with E-state index in [4.69, 9.17) is 5.11 Å². The Morgan fingerprint density at radius 3 is 2.74 bits per heavy atom. The third-order valence-electron chi connectivity index (χ3n) is 2.42. The summed E-state index contributed by atoms with van der Waals surface area (Å²) in [4.78, 5) is 22.4. The standard InChI is InChI=1S/C13H17NO4S/c1-2-3-7-19-8-11(15)14-10-6-4-5-9(12(10)16)13(17)18/h4-6,16H,2-3,7-8H2,1H3,(H,14,15)(H,17,18). The highest BCUT2D eigenvalue weighted by atomic mass is 32.2. The van der Waals surface area contributed by atoms with Crippen molar-refractivity contribution in [3.63, 3.8) is 0 Å². The van der Waals surface area contributed by atoms with E-state index in [1.54, 1.807) is 0 Å². The minimum absolute atomic E-state index is 0.126. The van der Waals surface area contributed by atoms with Gasteiger partial charge in [0.25, 0.3) is 0 Å². The number of hydrogen-bond acceptors (Lipinski definition) is 4. The predicted molar refractivity (Wildman–Crippen MR) is 75.9 cm³/mol. The highest BCUT2D eigenvalue weighted by Crippen LogP contribution is 2.27. The minimum Gasteiger partial charge on any atom is -0.505 e. The lowest BCUT2D eigenvalue weighted by atomic mass is 10.1. The molecular formula is C13H17NO4S. The van der Waals surface area contributed by atoms with Crippen molar-refractivity contribution in [2.45, 2.75) is 19.8 Å². The summed E-state index contributed by atoms with van der Waals surface area (Å²) >= 11 is 1.51. The van der Waals surface area contributed by atoms with Crippen molar-refractivity contribution in [2.75, 3.05) is 16.8 Å². The van der Waals surface area contributed by atoms with Crippen LogP contribution in [0.4, 0.5) is 5.69 Å². The molecule has 6 heteroatoms. The number of phenols is 1. The first-order valence-corrected chi connectivity index (χ1v) is 7.14. The first kappa shape index (κ1) is 15.4. The molecule has 1 aromatic rings. The summed E-state index contributed by atoms with van der Waals surface area (Å²) in [5.74, 6) is -0.700. The second-order valence-electron chi connectivity index (χ2n) is 3.96. The summed E-state index contributed by atoms with van der Waals surface area (Å²) in [5, 5.41) is 21.1. The number of rotatable bonds is 7. The molecule has 0 radical (unpaired) electrons. The third kappa shape index (κ3) is 4.82. The fraction of sp³-hybridized carbons (Fsp3) is 0.385. The average Bonchev–Trinajstić information content (AvgIpc) is 2.37. The molecule has 0 aromatic heterocycles. The largest absolute Gasteiger partial charge is 0.505 e. The molecule has 1 rings (SSSR count). The van der Waals surface area contributed by atoms with Crippen molar-refractivity contribution in [3.8, 4) is 5.75 Å². The topological polar surface area (TPSA) is 86.6 Å². The number of carbonyl (C=O) groups excluding carboxylic acids is 1. The second kappa shape index (κ2) is 7.68. The van der Waals surface area contributed by atoms with E-state index in [0.717, 1.165) is 18.6 Å². The first-order chi connectivity index (χ1) is 9.06. The van der Waals surface area contributed by atoms with Gasteiger partial charge in [-0.3, -0.25) is 4.79 Å². The van der Waals surface area contributed by atoms with Crippen LogP contribution in [0.15, 0.2) is 18.2 Å². The maximum Gasteiger partial charge on any atom is 0.339 e. The predicted octanol–water partition coefficient (Wildman–Crippen LogP) is 2.56. The molecule has 5 nitrogen and oxygen atoms in total. The Balaban J connectivity index is 2.59. The van der Waals surface area contributed by atoms with Crippen molar-refractivity contribution < 1.29 is 19.8 Å². The van der Waals surface area contributed by atoms with E-state index in [1.165, 1.54) is 30.0 Å². The summed E-state index contributed by atoms with van der Waals surface area (Å²) in [7, 11) is 0. The lowest BCUT2D eigenvalue weighted by molar-refractivity contribution is -0.113. The molecule has 0 heterocycles. The number of aromatic hydroxyl groups is 1. The van der Waals surface area contributed by atoms with Gasteiger partial charge >= 0.3 is 5.97 Å². The van der Waals surface area contributed by atoms with Gasteiger partial charge < -0.3 is 15.5 Å². The molecular weight excluding hydrogens is 266 g/mol. The van der Waals surface area contributed by atoms with Crippen LogP contribution in [0.1, 0.15) is 30.1 Å². The molecule has 0 aliphatic carbocycles. The van der Waals surface area contributed by atoms with Gasteiger partial charge in [-0.15, -0.1) is 0 Å². The first-order valence-electron chi connectivity index (χ1n) is 5.99. The molecule has 0 unspecified atom stereocenters. The lowest BCUT2D eigenvalue weighted by Gasteiger charge is -2.08. The Hall–Kier alpha value is -1.69. The second-order valence-corrected chi connectivity index (χ2v) is 5.07. The molecule has 0 saturated carbocycles. The monoisotopic (exact) mass is 283 g/mol. The molecule has 0 spiro atoms. The number of carboxylic acids is 1. The van der Waals surface area contributed by atoms with Gasteiger partial charge in [-0.25, -0.2) is 4.79 Å². The number of anilines is 1. The van der Waals surface area contributed by atoms with Gasteiger partial charge in [-0.05, 0) is 24.3 Å². The van der Waals surface area contributed by atoms with E-state index < -0.39 is 11.7 Å². The Labute approximate surface area is 116 Å². The van der Waals surface area contributed by atoms with Crippen LogP contribution < -0.4 is 5.32 Å². The molecule has 0 atom stereocenters. The smallest absolute Gasteiger partial charge is 0.339 e. The van der Waals surface area contributed by atoms with E-state index in [-0.39, 0.29) is 22.9 Å². The molecule has 104 valence electrons. The van der Waals surface area contributed by atoms with Crippen LogP contribution in [-0.4, -0.2) is 33.6 Å². The fourth-order valence-electron chi connectivity index (χ4n) is 1.41. The number of amides is 1. The Kier molecular flexibility index (Phi) is 6.21. The molecule has 0 fully saturated rings. The maximum absolute atomic E-state index is 11.6. The zero-order chi connectivity index (χ0) is 14.3. The zero-order valence-electron chi connectivity index (χ0n) is 10.7. The fourth-order valence-corrected chi connectivity index (χ4v) is 2.31. The maximum atomic E-state index is 11.6. The molecule has 0 aliphatic rings. The highest BCUT2D eigenvalue weighted by Gasteiger charge is 2.14. The minimum atomic E-state index is -1.23. The van der Waals surface area contributed by atoms with Crippen molar-refractivity contribution in [2.24, 2.45) is 0 Å². The number of hydrogen-bond donors (Lipinski definition) is 3. The van der Waals surface area contributed by atoms with Gasteiger partial charge in [0.2, 0.25) is 5.91 Å². The van der Waals surface area contributed by atoms with E-state index in [9.17, 15) is 14.7 Å². The van der Waals surface area contributed by atoms with Crippen LogP contribution in [0.25, 0.3) is 0 Å². The van der Waals surface area contributed by atoms with Crippen LogP contribution >= 0.6 is 11.8 Å². The van der Waals surface area contributed by atoms with Crippen LogP contribution in [0.3, 0.4) is 0 Å². The number of unbranched alkanes of at least 4 members (excludes halogenated alkanes) is 1. The molecule has 3 N–H and O–H groups in total. The van der Waals surface area contributed by atoms with Gasteiger partial charge in [0.1, 0.15) is 5.56 Å². The molecule has 19 heavy (non-hydrogen) atoms. The molecule has 0 aliphatic heterocycles. The summed E-state index contributed by atoms with van der Waals surface area (Å²) < 4.78 is 0. The van der Waals surface area contributed by atoms with Crippen LogP contribution in [0.5, 0.6) is 5.75 Å². The van der Waals surface area contributed by atoms with Gasteiger partial charge in [0.15, 0.2) is 5.75 Å². The number of carboxylic acid groups (broad SMARTS) is 1. The van der Waals surface area contributed by atoms with Crippen molar-refractivity contribution in [1.29, 1.82) is 0 Å². The Bertz CT molecular complexity index is 462. The van der Waals surface area contributed by atoms with Gasteiger partial charge in [0, 0.05) is 0 Å². The van der Waals surface area contributed by atoms with Crippen molar-refractivity contribution in [1.82, 2.24) is 0 Å². The Morgan fingerprint density at radius 1 is 1.37 bits per heavy atom. The quantitative estimate of drug-likeness (QED) is 0.529. The van der Waals surface area contributed by atoms with Crippen molar-refractivity contribution in [3.05, 3.63) is 23.8 Å². The normalized spacial score (nSPS) is 10.2. The van der Waals surface area contributed by atoms with Crippen molar-refractivity contribution >= 4 is 29.3 Å². The van der Waals surface area contributed by atoms with E-state index in [1.807, 2.05) is 0 Å². The summed E-state index contributed by atoms with van der Waals surface area (Å²) in [5.41, 5.74) is -0.0996. The average molecular weight is 283 g/mol. The zero-order valence-corrected chi connectivity index (χ0v) is 11.5. The van der Waals surface area contributed by atoms with Gasteiger partial charge in [-0.2, -0.15) is 11.8 Å². The number of para-hydroxylation sites is 1. The molecule has 0 bridgehead atoms. The van der Waals surface area contributed by atoms with E-state index >= 15 is 0 Å². The van der Waals surface area contributed by atoms with Gasteiger partial charge in [0.05, 0.1) is 11.4 Å². The highest BCUT2D eigenvalue weighted by molar-refractivity contribution is 7.99. The number of thioether (sulfide) groups is 1. The number of aromatic carboxylic acids is 1. The van der Waals surface area contributed by atoms with Crippen LogP contribution in [-0.2, 0) is 4.79 Å². The molecule has 1 aromatic carbocycles. The van der Waals surface area contributed by atoms with Crippen LogP contribution in [0, 0.1) is 0 Å².